The summed E-state index contributed by atoms with van der Waals surface area (Å²) in [5.74, 6) is -0.127. The van der Waals surface area contributed by atoms with E-state index in [1.807, 2.05) is 6.07 Å². The molecular weight excluding hydrogens is 245 g/mol. The molecule has 0 spiro atoms. The number of methoxy groups -OCH3 is 1. The van der Waals surface area contributed by atoms with Crippen molar-refractivity contribution in [2.24, 2.45) is 5.92 Å². The summed E-state index contributed by atoms with van der Waals surface area (Å²) in [7, 11) is 1.48. The van der Waals surface area contributed by atoms with E-state index in [-0.39, 0.29) is 24.4 Å². The van der Waals surface area contributed by atoms with Gasteiger partial charge in [0.2, 0.25) is 5.91 Å². The lowest BCUT2D eigenvalue weighted by Crippen LogP contribution is -2.35. The molecule has 1 N–H and O–H groups in total. The van der Waals surface area contributed by atoms with Crippen molar-refractivity contribution >= 4 is 5.91 Å². The summed E-state index contributed by atoms with van der Waals surface area (Å²) in [4.78, 5) is 11.7. The minimum absolute atomic E-state index is 0.0116. The first-order valence-electron chi connectivity index (χ1n) is 6.75. The Kier molecular flexibility index (Phi) is 4.91. The molecule has 0 radical (unpaired) electrons. The van der Waals surface area contributed by atoms with Gasteiger partial charge >= 0.3 is 0 Å². The zero-order valence-electron chi connectivity index (χ0n) is 11.2. The first-order chi connectivity index (χ1) is 9.22. The molecule has 0 heterocycles. The van der Waals surface area contributed by atoms with Gasteiger partial charge in [0.1, 0.15) is 12.4 Å². The van der Waals surface area contributed by atoms with Crippen LogP contribution in [0.1, 0.15) is 37.3 Å². The Morgan fingerprint density at radius 3 is 2.74 bits per heavy atom. The Bertz CT molecular complexity index is 430. The van der Waals surface area contributed by atoms with Crippen LogP contribution in [0.25, 0.3) is 0 Å². The van der Waals surface area contributed by atoms with Crippen LogP contribution in [0.3, 0.4) is 0 Å². The monoisotopic (exact) mass is 265 g/mol. The van der Waals surface area contributed by atoms with Gasteiger partial charge in [-0.25, -0.2) is 4.39 Å². The summed E-state index contributed by atoms with van der Waals surface area (Å²) < 4.78 is 18.8. The average Bonchev–Trinajstić information content (AvgIpc) is 2.91. The van der Waals surface area contributed by atoms with Crippen LogP contribution in [0.15, 0.2) is 24.3 Å². The van der Waals surface area contributed by atoms with Crippen molar-refractivity contribution in [2.75, 3.05) is 13.7 Å². The molecule has 1 unspecified atom stereocenters. The van der Waals surface area contributed by atoms with Gasteiger partial charge < -0.3 is 10.1 Å². The van der Waals surface area contributed by atoms with Crippen LogP contribution in [0.5, 0.6) is 0 Å². The smallest absolute Gasteiger partial charge is 0.246 e. The van der Waals surface area contributed by atoms with E-state index in [4.69, 9.17) is 4.74 Å². The van der Waals surface area contributed by atoms with Gasteiger partial charge in [-0.1, -0.05) is 31.0 Å². The third-order valence-corrected chi connectivity index (χ3v) is 3.70. The summed E-state index contributed by atoms with van der Waals surface area (Å²) in [6.07, 6.45) is 4.37. The van der Waals surface area contributed by atoms with Gasteiger partial charge in [-0.05, 0) is 24.8 Å². The number of halogens is 1. The topological polar surface area (TPSA) is 38.3 Å². The maximum atomic E-state index is 13.9. The van der Waals surface area contributed by atoms with E-state index < -0.39 is 0 Å². The molecule has 3 nitrogen and oxygen atoms in total. The Morgan fingerprint density at radius 1 is 1.42 bits per heavy atom. The highest BCUT2D eigenvalue weighted by atomic mass is 19.1. The number of amides is 1. The Hall–Kier alpha value is -1.42. The standard InChI is InChI=1S/C15H20FNO2/c1-19-10-14(18)17-15(11-6-2-3-7-11)12-8-4-5-9-13(12)16/h4-5,8-9,11,15H,2-3,6-7,10H2,1H3,(H,17,18). The highest BCUT2D eigenvalue weighted by Crippen LogP contribution is 2.36. The lowest BCUT2D eigenvalue weighted by atomic mass is 9.91. The SMILES string of the molecule is COCC(=O)NC(c1ccccc1F)C1CCCC1. The Morgan fingerprint density at radius 2 is 2.11 bits per heavy atom. The lowest BCUT2D eigenvalue weighted by Gasteiger charge is -2.25. The fourth-order valence-corrected chi connectivity index (χ4v) is 2.81. The quantitative estimate of drug-likeness (QED) is 0.889. The molecule has 4 heteroatoms. The summed E-state index contributed by atoms with van der Waals surface area (Å²) in [5, 5.41) is 2.91. The normalized spacial score (nSPS) is 17.4. The van der Waals surface area contributed by atoms with Crippen molar-refractivity contribution in [3.63, 3.8) is 0 Å². The van der Waals surface area contributed by atoms with Crippen LogP contribution in [0.4, 0.5) is 4.39 Å². The Labute approximate surface area is 113 Å². The highest BCUT2D eigenvalue weighted by molar-refractivity contribution is 5.77. The lowest BCUT2D eigenvalue weighted by molar-refractivity contribution is -0.125. The van der Waals surface area contributed by atoms with E-state index in [2.05, 4.69) is 5.32 Å². The molecule has 1 amide bonds. The number of hydrogen-bond donors (Lipinski definition) is 1. The average molecular weight is 265 g/mol. The minimum atomic E-state index is -0.253. The number of benzene rings is 1. The first kappa shape index (κ1) is 14.0. The number of hydrogen-bond acceptors (Lipinski definition) is 2. The first-order valence-corrected chi connectivity index (χ1v) is 6.75. The zero-order chi connectivity index (χ0) is 13.7. The van der Waals surface area contributed by atoms with Crippen molar-refractivity contribution in [3.05, 3.63) is 35.6 Å². The minimum Gasteiger partial charge on any atom is -0.375 e. The fourth-order valence-electron chi connectivity index (χ4n) is 2.81. The number of carbonyl (C=O) groups excluding carboxylic acids is 1. The maximum Gasteiger partial charge on any atom is 0.246 e. The molecule has 2 rings (SSSR count). The zero-order valence-corrected chi connectivity index (χ0v) is 11.2. The molecule has 19 heavy (non-hydrogen) atoms. The molecule has 1 aromatic rings. The molecule has 0 bridgehead atoms. The predicted octanol–water partition coefficient (Wildman–Crippen LogP) is 2.82. The summed E-state index contributed by atoms with van der Waals surface area (Å²) >= 11 is 0. The third-order valence-electron chi connectivity index (χ3n) is 3.70. The molecule has 0 saturated heterocycles. The molecule has 1 aliphatic rings. The number of carbonyl (C=O) groups is 1. The number of ether oxygens (including phenoxy) is 1. The second kappa shape index (κ2) is 6.66. The molecular formula is C15H20FNO2. The van der Waals surface area contributed by atoms with Gasteiger partial charge in [-0.15, -0.1) is 0 Å². The predicted molar refractivity (Wildman–Crippen MR) is 71.1 cm³/mol. The van der Waals surface area contributed by atoms with Gasteiger partial charge in [-0.3, -0.25) is 4.79 Å². The van der Waals surface area contributed by atoms with Crippen molar-refractivity contribution in [3.8, 4) is 0 Å². The molecule has 1 fully saturated rings. The van der Waals surface area contributed by atoms with E-state index in [9.17, 15) is 9.18 Å². The van der Waals surface area contributed by atoms with Crippen LogP contribution in [0.2, 0.25) is 0 Å². The number of nitrogens with one attached hydrogen (secondary N) is 1. The van der Waals surface area contributed by atoms with E-state index in [1.165, 1.54) is 13.2 Å². The van der Waals surface area contributed by atoms with Gasteiger partial charge in [0.05, 0.1) is 6.04 Å². The summed E-state index contributed by atoms with van der Waals surface area (Å²) in [6.45, 7) is 0.0116. The van der Waals surface area contributed by atoms with Gasteiger partial charge in [0.15, 0.2) is 0 Å². The molecule has 1 atom stereocenters. The van der Waals surface area contributed by atoms with E-state index in [1.54, 1.807) is 12.1 Å². The van der Waals surface area contributed by atoms with E-state index in [0.29, 0.717) is 11.5 Å². The van der Waals surface area contributed by atoms with Crippen LogP contribution in [-0.2, 0) is 9.53 Å². The van der Waals surface area contributed by atoms with Crippen molar-refractivity contribution < 1.29 is 13.9 Å². The number of rotatable bonds is 5. The molecule has 0 aromatic heterocycles. The largest absolute Gasteiger partial charge is 0.375 e. The second-order valence-corrected chi connectivity index (χ2v) is 5.04. The molecule has 1 aromatic carbocycles. The molecule has 0 aliphatic heterocycles. The third kappa shape index (κ3) is 3.53. The van der Waals surface area contributed by atoms with Crippen LogP contribution in [0, 0.1) is 11.7 Å². The Balaban J connectivity index is 2.18. The maximum absolute atomic E-state index is 13.9. The summed E-state index contributed by atoms with van der Waals surface area (Å²) in [5.41, 5.74) is 0.582. The summed E-state index contributed by atoms with van der Waals surface area (Å²) in [6, 6.07) is 6.43. The molecule has 1 saturated carbocycles. The van der Waals surface area contributed by atoms with Gasteiger partial charge in [0.25, 0.3) is 0 Å². The van der Waals surface area contributed by atoms with E-state index in [0.717, 1.165) is 25.7 Å². The second-order valence-electron chi connectivity index (χ2n) is 5.04. The van der Waals surface area contributed by atoms with Gasteiger partial charge in [-0.2, -0.15) is 0 Å². The molecule has 104 valence electrons. The highest BCUT2D eigenvalue weighted by Gasteiger charge is 2.29. The molecule has 1 aliphatic carbocycles. The van der Waals surface area contributed by atoms with Crippen molar-refractivity contribution in [1.82, 2.24) is 5.32 Å². The van der Waals surface area contributed by atoms with E-state index >= 15 is 0 Å². The van der Waals surface area contributed by atoms with Crippen LogP contribution in [-0.4, -0.2) is 19.6 Å². The van der Waals surface area contributed by atoms with Crippen molar-refractivity contribution in [2.45, 2.75) is 31.7 Å². The van der Waals surface area contributed by atoms with Crippen LogP contribution >= 0.6 is 0 Å². The van der Waals surface area contributed by atoms with Crippen LogP contribution < -0.4 is 5.32 Å². The fraction of sp³-hybridized carbons (Fsp3) is 0.533. The van der Waals surface area contributed by atoms with Crippen molar-refractivity contribution in [1.29, 1.82) is 0 Å². The van der Waals surface area contributed by atoms with Gasteiger partial charge in [0, 0.05) is 12.7 Å².